The van der Waals surface area contributed by atoms with Gasteiger partial charge in [-0.1, -0.05) is 0 Å². The van der Waals surface area contributed by atoms with E-state index < -0.39 is 0 Å². The molecule has 2 N–H and O–H groups in total. The van der Waals surface area contributed by atoms with E-state index in [0.717, 1.165) is 5.69 Å². The lowest BCUT2D eigenvalue weighted by molar-refractivity contribution is 0.243. The fourth-order valence-corrected chi connectivity index (χ4v) is 1.67. The van der Waals surface area contributed by atoms with Crippen LogP contribution in [0.5, 0.6) is 0 Å². The average molecular weight is 226 g/mol. The molecule has 0 saturated heterocycles. The number of rotatable bonds is 4. The quantitative estimate of drug-likeness (QED) is 0.797. The average Bonchev–Trinajstić information content (AvgIpc) is 2.31. The molecule has 1 heterocycles. The summed E-state index contributed by atoms with van der Waals surface area (Å²) in [6.45, 7) is 0.541. The van der Waals surface area contributed by atoms with Gasteiger partial charge in [-0.25, -0.2) is 4.79 Å². The van der Waals surface area contributed by atoms with Gasteiger partial charge in [-0.15, -0.1) is 0 Å². The molecular weight excluding hydrogens is 212 g/mol. The van der Waals surface area contributed by atoms with Crippen molar-refractivity contribution in [2.24, 2.45) is 0 Å². The van der Waals surface area contributed by atoms with Crippen LogP contribution in [-0.4, -0.2) is 35.8 Å². The van der Waals surface area contributed by atoms with Gasteiger partial charge in [0.25, 0.3) is 0 Å². The number of aromatic nitrogens is 2. The summed E-state index contributed by atoms with van der Waals surface area (Å²) in [5.74, 6) is 0. The second-order valence-corrected chi connectivity index (χ2v) is 3.86. The molecule has 0 aliphatic heterocycles. The minimum atomic E-state index is -0.182. The summed E-state index contributed by atoms with van der Waals surface area (Å²) in [5, 5.41) is 5.38. The van der Waals surface area contributed by atoms with Gasteiger partial charge >= 0.3 is 6.03 Å². The molecule has 0 aliphatic rings. The van der Waals surface area contributed by atoms with Gasteiger partial charge in [0.1, 0.15) is 0 Å². The SMILES string of the molecule is CNC(=O)NCC(SC)c1cnccn1. The minimum absolute atomic E-state index is 0.135. The molecule has 15 heavy (non-hydrogen) atoms. The van der Waals surface area contributed by atoms with E-state index in [2.05, 4.69) is 20.6 Å². The molecule has 1 atom stereocenters. The first-order valence-electron chi connectivity index (χ1n) is 4.52. The zero-order valence-electron chi connectivity index (χ0n) is 8.73. The van der Waals surface area contributed by atoms with E-state index in [4.69, 9.17) is 0 Å². The Bertz CT molecular complexity index is 306. The van der Waals surface area contributed by atoms with Gasteiger partial charge in [0.2, 0.25) is 0 Å². The van der Waals surface area contributed by atoms with Gasteiger partial charge in [0.05, 0.1) is 10.9 Å². The van der Waals surface area contributed by atoms with Crippen LogP contribution in [0.3, 0.4) is 0 Å². The molecule has 1 aromatic heterocycles. The number of amides is 2. The summed E-state index contributed by atoms with van der Waals surface area (Å²) in [4.78, 5) is 19.2. The molecule has 0 bridgehead atoms. The second-order valence-electron chi connectivity index (χ2n) is 2.81. The van der Waals surface area contributed by atoms with Crippen molar-refractivity contribution in [3.63, 3.8) is 0 Å². The van der Waals surface area contributed by atoms with E-state index >= 15 is 0 Å². The Labute approximate surface area is 93.1 Å². The monoisotopic (exact) mass is 226 g/mol. The van der Waals surface area contributed by atoms with Gasteiger partial charge in [-0.2, -0.15) is 11.8 Å². The molecule has 1 aromatic rings. The van der Waals surface area contributed by atoms with Crippen molar-refractivity contribution in [1.82, 2.24) is 20.6 Å². The number of carbonyl (C=O) groups excluding carboxylic acids is 1. The number of urea groups is 1. The number of thioether (sulfide) groups is 1. The van der Waals surface area contributed by atoms with Crippen LogP contribution in [0.1, 0.15) is 10.9 Å². The van der Waals surface area contributed by atoms with Crippen LogP contribution >= 0.6 is 11.8 Å². The highest BCUT2D eigenvalue weighted by molar-refractivity contribution is 7.98. The molecule has 0 saturated carbocycles. The first-order chi connectivity index (χ1) is 7.27. The second kappa shape index (κ2) is 6.23. The van der Waals surface area contributed by atoms with Crippen molar-refractivity contribution >= 4 is 17.8 Å². The summed E-state index contributed by atoms with van der Waals surface area (Å²) >= 11 is 1.63. The lowest BCUT2D eigenvalue weighted by atomic mass is 10.3. The van der Waals surface area contributed by atoms with Crippen LogP contribution in [0.15, 0.2) is 18.6 Å². The normalized spacial score (nSPS) is 11.9. The van der Waals surface area contributed by atoms with E-state index in [1.165, 1.54) is 0 Å². The van der Waals surface area contributed by atoms with Crippen molar-refractivity contribution < 1.29 is 4.79 Å². The molecule has 82 valence electrons. The minimum Gasteiger partial charge on any atom is -0.341 e. The number of hydrogen-bond donors (Lipinski definition) is 2. The highest BCUT2D eigenvalue weighted by Gasteiger charge is 2.12. The lowest BCUT2D eigenvalue weighted by Gasteiger charge is -2.13. The molecular formula is C9H14N4OS. The van der Waals surface area contributed by atoms with E-state index in [0.29, 0.717) is 6.54 Å². The standard InChI is InChI=1S/C9H14N4OS/c1-10-9(14)13-6-8(15-2)7-5-11-3-4-12-7/h3-5,8H,6H2,1-2H3,(H2,10,13,14). The summed E-state index contributed by atoms with van der Waals surface area (Å²) < 4.78 is 0. The third-order valence-electron chi connectivity index (χ3n) is 1.87. The van der Waals surface area contributed by atoms with Crippen molar-refractivity contribution in [1.29, 1.82) is 0 Å². The Balaban J connectivity index is 2.53. The van der Waals surface area contributed by atoms with E-state index in [-0.39, 0.29) is 11.3 Å². The van der Waals surface area contributed by atoms with Gasteiger partial charge in [0, 0.05) is 32.2 Å². The topological polar surface area (TPSA) is 66.9 Å². The van der Waals surface area contributed by atoms with Crippen LogP contribution in [0.25, 0.3) is 0 Å². The smallest absolute Gasteiger partial charge is 0.314 e. The van der Waals surface area contributed by atoms with Crippen LogP contribution < -0.4 is 10.6 Å². The molecule has 6 heteroatoms. The molecule has 0 spiro atoms. The summed E-state index contributed by atoms with van der Waals surface area (Å²) in [6.07, 6.45) is 6.98. The Kier molecular flexibility index (Phi) is 4.89. The molecule has 0 aliphatic carbocycles. The van der Waals surface area contributed by atoms with Gasteiger partial charge in [-0.3, -0.25) is 9.97 Å². The first-order valence-corrected chi connectivity index (χ1v) is 5.81. The lowest BCUT2D eigenvalue weighted by Crippen LogP contribution is -2.35. The summed E-state index contributed by atoms with van der Waals surface area (Å²) in [6, 6.07) is -0.182. The number of carbonyl (C=O) groups is 1. The number of hydrogen-bond acceptors (Lipinski definition) is 4. The number of nitrogens with zero attached hydrogens (tertiary/aromatic N) is 2. The molecule has 5 nitrogen and oxygen atoms in total. The highest BCUT2D eigenvalue weighted by Crippen LogP contribution is 2.22. The molecule has 0 aromatic carbocycles. The highest BCUT2D eigenvalue weighted by atomic mass is 32.2. The fourth-order valence-electron chi connectivity index (χ4n) is 1.06. The van der Waals surface area contributed by atoms with Gasteiger partial charge in [0.15, 0.2) is 0 Å². The van der Waals surface area contributed by atoms with Crippen LogP contribution in [-0.2, 0) is 0 Å². The number of nitrogens with one attached hydrogen (secondary N) is 2. The molecule has 0 radical (unpaired) electrons. The molecule has 1 unspecified atom stereocenters. The maximum absolute atomic E-state index is 11.0. The maximum atomic E-state index is 11.0. The van der Waals surface area contributed by atoms with E-state index in [1.807, 2.05) is 6.26 Å². The summed E-state index contributed by atoms with van der Waals surface area (Å²) in [7, 11) is 1.59. The van der Waals surface area contributed by atoms with E-state index in [1.54, 1.807) is 37.4 Å². The molecule has 1 rings (SSSR count). The zero-order chi connectivity index (χ0) is 11.1. The largest absolute Gasteiger partial charge is 0.341 e. The van der Waals surface area contributed by atoms with Gasteiger partial charge < -0.3 is 10.6 Å². The molecule has 2 amide bonds. The molecule has 0 fully saturated rings. The first kappa shape index (κ1) is 11.8. The Hall–Kier alpha value is -1.30. The van der Waals surface area contributed by atoms with Crippen molar-refractivity contribution in [2.45, 2.75) is 5.25 Å². The van der Waals surface area contributed by atoms with E-state index in [9.17, 15) is 4.79 Å². The van der Waals surface area contributed by atoms with Crippen molar-refractivity contribution in [3.05, 3.63) is 24.3 Å². The third kappa shape index (κ3) is 3.75. The van der Waals surface area contributed by atoms with Crippen LogP contribution in [0.2, 0.25) is 0 Å². The van der Waals surface area contributed by atoms with Gasteiger partial charge in [-0.05, 0) is 6.26 Å². The van der Waals surface area contributed by atoms with Crippen molar-refractivity contribution in [2.75, 3.05) is 19.8 Å². The van der Waals surface area contributed by atoms with Crippen LogP contribution in [0, 0.1) is 0 Å². The van der Waals surface area contributed by atoms with Crippen molar-refractivity contribution in [3.8, 4) is 0 Å². The Morgan fingerprint density at radius 2 is 2.40 bits per heavy atom. The predicted molar refractivity (Wildman–Crippen MR) is 60.7 cm³/mol. The maximum Gasteiger partial charge on any atom is 0.314 e. The predicted octanol–water partition coefficient (Wildman–Crippen LogP) is 0.810. The fraction of sp³-hybridized carbons (Fsp3) is 0.444. The third-order valence-corrected chi connectivity index (χ3v) is 2.85. The summed E-state index contributed by atoms with van der Waals surface area (Å²) in [5.41, 5.74) is 0.876. The zero-order valence-corrected chi connectivity index (χ0v) is 9.54. The van der Waals surface area contributed by atoms with Crippen LogP contribution in [0.4, 0.5) is 4.79 Å². The Morgan fingerprint density at radius 1 is 1.60 bits per heavy atom. The Morgan fingerprint density at radius 3 is 2.93 bits per heavy atom.